The fourth-order valence-corrected chi connectivity index (χ4v) is 3.19. The van der Waals surface area contributed by atoms with Crippen molar-refractivity contribution in [1.82, 2.24) is 20.2 Å². The first kappa shape index (κ1) is 16.8. The molecule has 0 fully saturated rings. The zero-order valence-corrected chi connectivity index (χ0v) is 14.4. The normalized spacial score (nSPS) is 12.1. The quantitative estimate of drug-likeness (QED) is 0.754. The molecule has 0 aliphatic heterocycles. The van der Waals surface area contributed by atoms with Gasteiger partial charge in [-0.3, -0.25) is 0 Å². The Labute approximate surface area is 139 Å². The molecule has 2 amide bonds. The van der Waals surface area contributed by atoms with E-state index in [-0.39, 0.29) is 12.1 Å². The highest BCUT2D eigenvalue weighted by Crippen LogP contribution is 2.26. The summed E-state index contributed by atoms with van der Waals surface area (Å²) in [4.78, 5) is 17.0. The van der Waals surface area contributed by atoms with Gasteiger partial charge in [0.25, 0.3) is 0 Å². The van der Waals surface area contributed by atoms with Gasteiger partial charge in [-0.25, -0.2) is 9.78 Å². The largest absolute Gasteiger partial charge is 0.338 e. The number of hydrogen-bond acceptors (Lipinski definition) is 3. The molecule has 0 saturated carbocycles. The number of amides is 2. The molecule has 1 atom stereocenters. The molecule has 0 radical (unpaired) electrons. The maximum absolute atomic E-state index is 11.8. The minimum absolute atomic E-state index is 0.0360. The Morgan fingerprint density at radius 3 is 2.91 bits per heavy atom. The molecule has 2 heterocycles. The summed E-state index contributed by atoms with van der Waals surface area (Å²) < 4.78 is 2.85. The number of aryl methyl sites for hydroxylation is 2. The van der Waals surface area contributed by atoms with E-state index in [0.29, 0.717) is 6.54 Å². The number of unbranched alkanes of at least 4 members (excludes halogenated alkanes) is 1. The molecule has 1 unspecified atom stereocenters. The van der Waals surface area contributed by atoms with Crippen LogP contribution in [0.15, 0.2) is 24.5 Å². The van der Waals surface area contributed by atoms with Gasteiger partial charge < -0.3 is 15.2 Å². The summed E-state index contributed by atoms with van der Waals surface area (Å²) in [5, 5.41) is 5.79. The second kappa shape index (κ2) is 8.19. The maximum atomic E-state index is 11.8. The van der Waals surface area contributed by atoms with Crippen molar-refractivity contribution in [3.8, 4) is 0 Å². The van der Waals surface area contributed by atoms with Crippen LogP contribution >= 0.6 is 22.9 Å². The predicted molar refractivity (Wildman–Crippen MR) is 90.5 cm³/mol. The van der Waals surface area contributed by atoms with Gasteiger partial charge in [0.05, 0.1) is 10.4 Å². The third-order valence-corrected chi connectivity index (χ3v) is 4.82. The number of aromatic nitrogens is 2. The van der Waals surface area contributed by atoms with Crippen LogP contribution in [0.3, 0.4) is 0 Å². The molecule has 2 aromatic heterocycles. The molecule has 0 spiro atoms. The molecule has 2 N–H and O–H groups in total. The minimum atomic E-state index is -0.143. The summed E-state index contributed by atoms with van der Waals surface area (Å²) in [6, 6.07) is 3.60. The van der Waals surface area contributed by atoms with Crippen molar-refractivity contribution in [1.29, 1.82) is 0 Å². The number of thiophene rings is 1. The fraction of sp³-hybridized carbons (Fsp3) is 0.467. The van der Waals surface area contributed by atoms with Crippen molar-refractivity contribution in [3.63, 3.8) is 0 Å². The van der Waals surface area contributed by atoms with Gasteiger partial charge >= 0.3 is 6.03 Å². The molecule has 0 aliphatic rings. The van der Waals surface area contributed by atoms with E-state index in [2.05, 4.69) is 20.2 Å². The van der Waals surface area contributed by atoms with Crippen molar-refractivity contribution < 1.29 is 4.79 Å². The summed E-state index contributed by atoms with van der Waals surface area (Å²) in [5.41, 5.74) is 0. The van der Waals surface area contributed by atoms with Gasteiger partial charge in [-0.05, 0) is 38.8 Å². The Bertz CT molecular complexity index is 610. The van der Waals surface area contributed by atoms with E-state index < -0.39 is 0 Å². The number of urea groups is 1. The van der Waals surface area contributed by atoms with Crippen LogP contribution in [0.5, 0.6) is 0 Å². The first-order valence-corrected chi connectivity index (χ1v) is 8.53. The van der Waals surface area contributed by atoms with Crippen LogP contribution in [0.2, 0.25) is 4.34 Å². The first-order chi connectivity index (χ1) is 10.6. The lowest BCUT2D eigenvalue weighted by atomic mass is 10.3. The van der Waals surface area contributed by atoms with Crippen LogP contribution in [0, 0.1) is 6.92 Å². The van der Waals surface area contributed by atoms with E-state index in [9.17, 15) is 4.79 Å². The van der Waals surface area contributed by atoms with Gasteiger partial charge in [0.2, 0.25) is 0 Å². The second-order valence-electron chi connectivity index (χ2n) is 5.14. The number of nitrogens with one attached hydrogen (secondary N) is 2. The van der Waals surface area contributed by atoms with Crippen molar-refractivity contribution in [3.05, 3.63) is 39.6 Å². The number of imidazole rings is 1. The van der Waals surface area contributed by atoms with Gasteiger partial charge in [-0.1, -0.05) is 11.6 Å². The molecule has 7 heteroatoms. The van der Waals surface area contributed by atoms with Crippen molar-refractivity contribution in [2.24, 2.45) is 0 Å². The molecular weight excluding hydrogens is 320 g/mol. The van der Waals surface area contributed by atoms with Gasteiger partial charge in [-0.2, -0.15) is 0 Å². The summed E-state index contributed by atoms with van der Waals surface area (Å²) in [7, 11) is 0. The Balaban J connectivity index is 1.60. The van der Waals surface area contributed by atoms with E-state index in [1.165, 1.54) is 11.3 Å². The zero-order chi connectivity index (χ0) is 15.9. The predicted octanol–water partition coefficient (Wildman–Crippen LogP) is 3.75. The first-order valence-electron chi connectivity index (χ1n) is 7.33. The number of halogens is 1. The van der Waals surface area contributed by atoms with Crippen molar-refractivity contribution >= 4 is 29.0 Å². The Kier molecular flexibility index (Phi) is 6.27. The lowest BCUT2D eigenvalue weighted by Crippen LogP contribution is -2.37. The molecular formula is C15H21ClN4OS. The number of nitrogens with zero attached hydrogens (tertiary/aromatic N) is 2. The van der Waals surface area contributed by atoms with Crippen LogP contribution in [0.4, 0.5) is 4.79 Å². The van der Waals surface area contributed by atoms with Crippen LogP contribution < -0.4 is 10.6 Å². The summed E-state index contributed by atoms with van der Waals surface area (Å²) >= 11 is 7.38. The summed E-state index contributed by atoms with van der Waals surface area (Å²) in [6.45, 7) is 5.53. The standard InChI is InChI=1S/C15H21ClN4OS/c1-11(13-5-6-14(16)22-13)19-15(21)18-7-3-4-9-20-10-8-17-12(20)2/h5-6,8,10-11H,3-4,7,9H2,1-2H3,(H2,18,19,21). The molecule has 0 saturated heterocycles. The van der Waals surface area contributed by atoms with E-state index in [4.69, 9.17) is 11.6 Å². The Morgan fingerprint density at radius 1 is 1.45 bits per heavy atom. The Hall–Kier alpha value is -1.53. The smallest absolute Gasteiger partial charge is 0.315 e. The van der Waals surface area contributed by atoms with Gasteiger partial charge in [0.15, 0.2) is 0 Å². The minimum Gasteiger partial charge on any atom is -0.338 e. The van der Waals surface area contributed by atoms with Crippen LogP contribution in [0.1, 0.15) is 36.5 Å². The lowest BCUT2D eigenvalue weighted by Gasteiger charge is -2.13. The molecule has 120 valence electrons. The second-order valence-corrected chi connectivity index (χ2v) is 6.89. The summed E-state index contributed by atoms with van der Waals surface area (Å²) in [5.74, 6) is 1.02. The third kappa shape index (κ3) is 5.03. The highest BCUT2D eigenvalue weighted by molar-refractivity contribution is 7.16. The highest BCUT2D eigenvalue weighted by Gasteiger charge is 2.10. The molecule has 0 aromatic carbocycles. The number of hydrogen-bond donors (Lipinski definition) is 2. The molecule has 2 aromatic rings. The van der Waals surface area contributed by atoms with Crippen molar-refractivity contribution in [2.45, 2.75) is 39.3 Å². The topological polar surface area (TPSA) is 59.0 Å². The van der Waals surface area contributed by atoms with Crippen LogP contribution in [0.25, 0.3) is 0 Å². The molecule has 0 aliphatic carbocycles. The summed E-state index contributed by atoms with van der Waals surface area (Å²) in [6.07, 6.45) is 5.72. The SMILES string of the molecule is Cc1nccn1CCCCNC(=O)NC(C)c1ccc(Cl)s1. The monoisotopic (exact) mass is 340 g/mol. The van der Waals surface area contributed by atoms with E-state index >= 15 is 0 Å². The zero-order valence-electron chi connectivity index (χ0n) is 12.8. The van der Waals surface area contributed by atoms with E-state index in [1.54, 1.807) is 6.20 Å². The fourth-order valence-electron chi connectivity index (χ4n) is 2.13. The van der Waals surface area contributed by atoms with E-state index in [1.807, 2.05) is 32.2 Å². The molecule has 22 heavy (non-hydrogen) atoms. The highest BCUT2D eigenvalue weighted by atomic mass is 35.5. The van der Waals surface area contributed by atoms with Crippen molar-refractivity contribution in [2.75, 3.05) is 6.54 Å². The van der Waals surface area contributed by atoms with Crippen LogP contribution in [-0.4, -0.2) is 22.1 Å². The number of carbonyl (C=O) groups is 1. The van der Waals surface area contributed by atoms with E-state index in [0.717, 1.165) is 34.4 Å². The average molecular weight is 341 g/mol. The maximum Gasteiger partial charge on any atom is 0.315 e. The third-order valence-electron chi connectivity index (χ3n) is 3.40. The number of rotatable bonds is 7. The van der Waals surface area contributed by atoms with Gasteiger partial charge in [0, 0.05) is 30.4 Å². The average Bonchev–Trinajstić information content (AvgIpc) is 3.07. The lowest BCUT2D eigenvalue weighted by molar-refractivity contribution is 0.238. The van der Waals surface area contributed by atoms with Gasteiger partial charge in [-0.15, -0.1) is 11.3 Å². The molecule has 2 rings (SSSR count). The number of carbonyl (C=O) groups excluding carboxylic acids is 1. The van der Waals surface area contributed by atoms with Crippen LogP contribution in [-0.2, 0) is 6.54 Å². The molecule has 5 nitrogen and oxygen atoms in total. The van der Waals surface area contributed by atoms with Gasteiger partial charge in [0.1, 0.15) is 5.82 Å². The molecule has 0 bridgehead atoms. The Morgan fingerprint density at radius 2 is 2.27 bits per heavy atom.